The number of hydrogen-bond donors (Lipinski definition) is 1. The molecule has 1 atom stereocenters. The van der Waals surface area contributed by atoms with Gasteiger partial charge in [-0.15, -0.1) is 5.10 Å². The number of alkyl halides is 2. The number of fused-ring (bicyclic) bond motifs is 1. The van der Waals surface area contributed by atoms with Crippen molar-refractivity contribution in [2.75, 3.05) is 0 Å². The maximum absolute atomic E-state index is 13.6. The quantitative estimate of drug-likeness (QED) is 0.705. The van der Waals surface area contributed by atoms with E-state index >= 15 is 0 Å². The third-order valence-corrected chi connectivity index (χ3v) is 2.80. The third kappa shape index (κ3) is 1.86. The van der Waals surface area contributed by atoms with Crippen molar-refractivity contribution < 1.29 is 13.9 Å². The van der Waals surface area contributed by atoms with Crippen molar-refractivity contribution in [3.8, 4) is 0 Å². The molecule has 84 valence electrons. The molecule has 0 radical (unpaired) electrons. The average molecular weight is 217 g/mol. The summed E-state index contributed by atoms with van der Waals surface area (Å²) >= 11 is 0. The highest BCUT2D eigenvalue weighted by Crippen LogP contribution is 2.36. The first kappa shape index (κ1) is 10.5. The maximum Gasteiger partial charge on any atom is 0.293 e. The molecule has 1 aromatic heterocycles. The SMILES string of the molecule is Cn1nnc2c1CCC(O)CCC2(F)F. The van der Waals surface area contributed by atoms with Gasteiger partial charge >= 0.3 is 0 Å². The number of aliphatic hydroxyl groups is 1. The molecule has 0 spiro atoms. The minimum Gasteiger partial charge on any atom is -0.393 e. The fraction of sp³-hybridized carbons (Fsp3) is 0.778. The van der Waals surface area contributed by atoms with E-state index in [0.717, 1.165) is 0 Å². The topological polar surface area (TPSA) is 50.9 Å². The fourth-order valence-corrected chi connectivity index (χ4v) is 1.86. The number of hydrogen-bond acceptors (Lipinski definition) is 3. The Bertz CT molecular complexity index is 364. The fourth-order valence-electron chi connectivity index (χ4n) is 1.86. The number of aliphatic hydroxyl groups excluding tert-OH is 1. The smallest absolute Gasteiger partial charge is 0.293 e. The van der Waals surface area contributed by atoms with Gasteiger partial charge in [-0.2, -0.15) is 8.78 Å². The van der Waals surface area contributed by atoms with Crippen LogP contribution in [-0.4, -0.2) is 26.2 Å². The monoisotopic (exact) mass is 217 g/mol. The van der Waals surface area contributed by atoms with E-state index in [2.05, 4.69) is 10.3 Å². The molecule has 0 bridgehead atoms. The lowest BCUT2D eigenvalue weighted by Gasteiger charge is -2.21. The van der Waals surface area contributed by atoms with Crippen LogP contribution >= 0.6 is 0 Å². The van der Waals surface area contributed by atoms with Gasteiger partial charge in [-0.25, -0.2) is 0 Å². The zero-order chi connectivity index (χ0) is 11.1. The Labute approximate surface area is 85.9 Å². The summed E-state index contributed by atoms with van der Waals surface area (Å²) in [5.41, 5.74) is 0.204. The molecule has 1 unspecified atom stereocenters. The summed E-state index contributed by atoms with van der Waals surface area (Å²) in [5.74, 6) is -2.97. The number of rotatable bonds is 0. The van der Waals surface area contributed by atoms with E-state index in [4.69, 9.17) is 0 Å². The molecule has 1 heterocycles. The van der Waals surface area contributed by atoms with Crippen molar-refractivity contribution >= 4 is 0 Å². The first-order valence-corrected chi connectivity index (χ1v) is 4.95. The highest BCUT2D eigenvalue weighted by atomic mass is 19.3. The van der Waals surface area contributed by atoms with E-state index in [1.54, 1.807) is 7.05 Å². The minimum atomic E-state index is -2.97. The molecule has 1 aromatic rings. The Morgan fingerprint density at radius 2 is 2.20 bits per heavy atom. The highest BCUT2D eigenvalue weighted by Gasteiger charge is 2.39. The number of halogens is 2. The van der Waals surface area contributed by atoms with Crippen LogP contribution in [0.25, 0.3) is 0 Å². The normalized spacial score (nSPS) is 25.5. The molecule has 0 saturated heterocycles. The zero-order valence-corrected chi connectivity index (χ0v) is 8.45. The molecule has 0 saturated carbocycles. The van der Waals surface area contributed by atoms with Gasteiger partial charge in [-0.05, 0) is 19.3 Å². The molecule has 1 aliphatic carbocycles. The van der Waals surface area contributed by atoms with Crippen molar-refractivity contribution in [3.05, 3.63) is 11.4 Å². The Kier molecular flexibility index (Phi) is 2.46. The van der Waals surface area contributed by atoms with E-state index < -0.39 is 12.0 Å². The van der Waals surface area contributed by atoms with Crippen LogP contribution in [0.2, 0.25) is 0 Å². The maximum atomic E-state index is 13.6. The summed E-state index contributed by atoms with van der Waals surface area (Å²) < 4.78 is 28.6. The van der Waals surface area contributed by atoms with Gasteiger partial charge in [-0.3, -0.25) is 4.68 Å². The summed E-state index contributed by atoms with van der Waals surface area (Å²) in [6.07, 6.45) is -0.0121. The Morgan fingerprint density at radius 1 is 1.47 bits per heavy atom. The first-order valence-electron chi connectivity index (χ1n) is 4.95. The number of aromatic nitrogens is 3. The molecular formula is C9H13F2N3O. The summed E-state index contributed by atoms with van der Waals surface area (Å²) in [5, 5.41) is 16.5. The third-order valence-electron chi connectivity index (χ3n) is 2.80. The summed E-state index contributed by atoms with van der Waals surface area (Å²) in [6.45, 7) is 0. The Balaban J connectivity index is 2.40. The van der Waals surface area contributed by atoms with Crippen LogP contribution in [0.15, 0.2) is 0 Å². The molecule has 4 nitrogen and oxygen atoms in total. The summed E-state index contributed by atoms with van der Waals surface area (Å²) in [4.78, 5) is 0. The van der Waals surface area contributed by atoms with Crippen molar-refractivity contribution in [1.82, 2.24) is 15.0 Å². The second-order valence-electron chi connectivity index (χ2n) is 3.94. The second kappa shape index (κ2) is 3.52. The molecule has 2 rings (SSSR count). The standard InChI is InChI=1S/C9H13F2N3O/c1-14-7-3-2-6(15)4-5-9(10,11)8(7)12-13-14/h6,15H,2-5H2,1H3. The predicted molar refractivity (Wildman–Crippen MR) is 48.5 cm³/mol. The van der Waals surface area contributed by atoms with Crippen molar-refractivity contribution in [1.29, 1.82) is 0 Å². The Hall–Kier alpha value is -1.04. The van der Waals surface area contributed by atoms with Crippen molar-refractivity contribution in [2.45, 2.75) is 37.7 Å². The van der Waals surface area contributed by atoms with Crippen molar-refractivity contribution in [2.24, 2.45) is 7.05 Å². The van der Waals surface area contributed by atoms with Crippen LogP contribution in [0.3, 0.4) is 0 Å². The lowest BCUT2D eigenvalue weighted by atomic mass is 9.96. The van der Waals surface area contributed by atoms with Gasteiger partial charge in [0.2, 0.25) is 0 Å². The second-order valence-corrected chi connectivity index (χ2v) is 3.94. The molecule has 0 aliphatic heterocycles. The van der Waals surface area contributed by atoms with Crippen LogP contribution in [0.4, 0.5) is 8.78 Å². The average Bonchev–Trinajstić information content (AvgIpc) is 2.53. The Morgan fingerprint density at radius 3 is 2.93 bits per heavy atom. The van der Waals surface area contributed by atoms with Gasteiger partial charge < -0.3 is 5.11 Å². The van der Waals surface area contributed by atoms with Gasteiger partial charge in [0.1, 0.15) is 0 Å². The van der Waals surface area contributed by atoms with E-state index in [-0.39, 0.29) is 18.5 Å². The lowest BCUT2D eigenvalue weighted by molar-refractivity contribution is -0.0348. The molecule has 0 fully saturated rings. The van der Waals surface area contributed by atoms with Crippen LogP contribution in [-0.2, 0) is 19.4 Å². The van der Waals surface area contributed by atoms with Gasteiger partial charge in [0.25, 0.3) is 5.92 Å². The van der Waals surface area contributed by atoms with Gasteiger partial charge in [0, 0.05) is 13.5 Å². The largest absolute Gasteiger partial charge is 0.393 e. The van der Waals surface area contributed by atoms with Crippen molar-refractivity contribution in [3.63, 3.8) is 0 Å². The molecule has 0 amide bonds. The molecular weight excluding hydrogens is 204 g/mol. The van der Waals surface area contributed by atoms with Crippen LogP contribution in [0.1, 0.15) is 30.7 Å². The molecule has 6 heteroatoms. The molecule has 15 heavy (non-hydrogen) atoms. The van der Waals surface area contributed by atoms with E-state index in [1.807, 2.05) is 0 Å². The minimum absolute atomic E-state index is 0.114. The van der Waals surface area contributed by atoms with Crippen LogP contribution < -0.4 is 0 Å². The number of aryl methyl sites for hydroxylation is 1. The number of nitrogens with zero attached hydrogens (tertiary/aromatic N) is 3. The highest BCUT2D eigenvalue weighted by molar-refractivity contribution is 5.17. The molecule has 1 aliphatic rings. The first-order chi connectivity index (χ1) is 7.00. The summed E-state index contributed by atoms with van der Waals surface area (Å²) in [6, 6.07) is 0. The van der Waals surface area contributed by atoms with Crippen LogP contribution in [0.5, 0.6) is 0 Å². The van der Waals surface area contributed by atoms with Gasteiger partial charge in [-0.1, -0.05) is 5.21 Å². The van der Waals surface area contributed by atoms with E-state index in [1.165, 1.54) is 4.68 Å². The zero-order valence-electron chi connectivity index (χ0n) is 8.45. The van der Waals surface area contributed by atoms with Gasteiger partial charge in [0.15, 0.2) is 5.69 Å². The van der Waals surface area contributed by atoms with E-state index in [0.29, 0.717) is 18.5 Å². The van der Waals surface area contributed by atoms with E-state index in [9.17, 15) is 13.9 Å². The lowest BCUT2D eigenvalue weighted by Crippen LogP contribution is -2.24. The van der Waals surface area contributed by atoms with Crippen LogP contribution in [0, 0.1) is 0 Å². The van der Waals surface area contributed by atoms with Gasteiger partial charge in [0.05, 0.1) is 11.8 Å². The summed E-state index contributed by atoms with van der Waals surface area (Å²) in [7, 11) is 1.59. The molecule has 1 N–H and O–H groups in total. The molecule has 0 aromatic carbocycles. The predicted octanol–water partition coefficient (Wildman–Crippen LogP) is 0.994.